The van der Waals surface area contributed by atoms with Gasteiger partial charge in [-0.25, -0.2) is 4.68 Å². The Balaban J connectivity index is 1.37. The summed E-state index contributed by atoms with van der Waals surface area (Å²) < 4.78 is 1.80. The summed E-state index contributed by atoms with van der Waals surface area (Å²) in [5.41, 5.74) is 1.90. The molecule has 0 aliphatic carbocycles. The summed E-state index contributed by atoms with van der Waals surface area (Å²) in [6, 6.07) is 9.91. The predicted molar refractivity (Wildman–Crippen MR) is 104 cm³/mol. The molecule has 138 valence electrons. The molecule has 1 amide bonds. The van der Waals surface area contributed by atoms with E-state index < -0.39 is 0 Å². The Morgan fingerprint density at radius 1 is 1.19 bits per heavy atom. The summed E-state index contributed by atoms with van der Waals surface area (Å²) in [5.74, 6) is -0.0594. The lowest BCUT2D eigenvalue weighted by Crippen LogP contribution is -2.45. The highest BCUT2D eigenvalue weighted by molar-refractivity contribution is 5.91. The molecule has 6 nitrogen and oxygen atoms in total. The molecule has 3 rings (SSSR count). The van der Waals surface area contributed by atoms with Gasteiger partial charge in [0.1, 0.15) is 0 Å². The smallest absolute Gasteiger partial charge is 0.244 e. The normalized spacial score (nSPS) is 16.2. The van der Waals surface area contributed by atoms with Crippen molar-refractivity contribution in [2.24, 2.45) is 0 Å². The molecule has 26 heavy (non-hydrogen) atoms. The maximum atomic E-state index is 11.9. The number of aromatic nitrogens is 2. The van der Waals surface area contributed by atoms with E-state index in [0.717, 1.165) is 50.4 Å². The van der Waals surface area contributed by atoms with Gasteiger partial charge in [0.15, 0.2) is 0 Å². The fourth-order valence-corrected chi connectivity index (χ4v) is 2.96. The van der Waals surface area contributed by atoms with Crippen LogP contribution in [0.25, 0.3) is 11.8 Å². The van der Waals surface area contributed by atoms with Crippen molar-refractivity contribution in [3.05, 3.63) is 54.4 Å². The Labute approximate surface area is 155 Å². The Hall–Kier alpha value is -2.44. The summed E-state index contributed by atoms with van der Waals surface area (Å²) in [6.45, 7) is 6.25. The number of piperazine rings is 1. The van der Waals surface area contributed by atoms with Crippen molar-refractivity contribution >= 4 is 12.0 Å². The highest BCUT2D eigenvalue weighted by Gasteiger charge is 2.12. The van der Waals surface area contributed by atoms with E-state index in [9.17, 15) is 4.79 Å². The lowest BCUT2D eigenvalue weighted by atomic mass is 10.3. The number of carbonyl (C=O) groups excluding carboxylic acids is 1. The quantitative estimate of drug-likeness (QED) is 0.607. The van der Waals surface area contributed by atoms with Gasteiger partial charge in [-0.15, -0.1) is 0 Å². The van der Waals surface area contributed by atoms with Crippen LogP contribution in [0.5, 0.6) is 0 Å². The monoisotopic (exact) mass is 353 g/mol. The van der Waals surface area contributed by atoms with Crippen LogP contribution in [0.2, 0.25) is 0 Å². The van der Waals surface area contributed by atoms with Crippen molar-refractivity contribution in [3.8, 4) is 5.69 Å². The number of nitrogens with one attached hydrogen (secondary N) is 1. The van der Waals surface area contributed by atoms with Gasteiger partial charge in [0, 0.05) is 50.6 Å². The molecule has 1 aromatic carbocycles. The molecule has 1 saturated heterocycles. The fraction of sp³-hybridized carbons (Fsp3) is 0.400. The Morgan fingerprint density at radius 3 is 2.73 bits per heavy atom. The van der Waals surface area contributed by atoms with E-state index in [4.69, 9.17) is 0 Å². The standard InChI is InChI=1S/C20H27N5O/c1-23-12-14-24(15-13-23)11-5-10-21-20(26)9-8-18-16-22-25(17-18)19-6-3-2-4-7-19/h2-4,6-9,16-17H,5,10-15H2,1H3,(H,21,26)/b9-8+. The molecule has 1 aromatic heterocycles. The van der Waals surface area contributed by atoms with Crippen molar-refractivity contribution in [1.82, 2.24) is 24.9 Å². The first-order valence-electron chi connectivity index (χ1n) is 9.17. The highest BCUT2D eigenvalue weighted by atomic mass is 16.1. The van der Waals surface area contributed by atoms with Crippen LogP contribution in [-0.4, -0.2) is 71.8 Å². The average Bonchev–Trinajstić information content (AvgIpc) is 3.15. The van der Waals surface area contributed by atoms with Crippen LogP contribution >= 0.6 is 0 Å². The van der Waals surface area contributed by atoms with Gasteiger partial charge in [-0.1, -0.05) is 18.2 Å². The number of hydrogen-bond acceptors (Lipinski definition) is 4. The molecule has 1 aliphatic rings. The lowest BCUT2D eigenvalue weighted by Gasteiger charge is -2.32. The molecule has 0 saturated carbocycles. The number of para-hydroxylation sites is 1. The number of nitrogens with zero attached hydrogens (tertiary/aromatic N) is 4. The van der Waals surface area contributed by atoms with Crippen molar-refractivity contribution < 1.29 is 4.79 Å². The maximum Gasteiger partial charge on any atom is 0.244 e. The van der Waals surface area contributed by atoms with E-state index in [1.807, 2.05) is 36.5 Å². The minimum absolute atomic E-state index is 0.0594. The zero-order valence-corrected chi connectivity index (χ0v) is 15.3. The van der Waals surface area contributed by atoms with Gasteiger partial charge in [0.25, 0.3) is 0 Å². The average molecular weight is 353 g/mol. The van der Waals surface area contributed by atoms with Gasteiger partial charge in [-0.2, -0.15) is 5.10 Å². The van der Waals surface area contributed by atoms with E-state index in [1.165, 1.54) is 0 Å². The number of rotatable bonds is 7. The third kappa shape index (κ3) is 5.54. The first kappa shape index (κ1) is 18.4. The molecule has 0 radical (unpaired) electrons. The van der Waals surface area contributed by atoms with Crippen LogP contribution in [-0.2, 0) is 4.79 Å². The molecular formula is C20H27N5O. The Bertz CT molecular complexity index is 717. The van der Waals surface area contributed by atoms with Crippen LogP contribution < -0.4 is 5.32 Å². The van der Waals surface area contributed by atoms with Crippen molar-refractivity contribution in [2.45, 2.75) is 6.42 Å². The van der Waals surface area contributed by atoms with E-state index in [1.54, 1.807) is 23.0 Å². The third-order valence-corrected chi connectivity index (χ3v) is 4.60. The van der Waals surface area contributed by atoms with Gasteiger partial charge >= 0.3 is 0 Å². The van der Waals surface area contributed by atoms with Gasteiger partial charge in [-0.3, -0.25) is 4.79 Å². The van der Waals surface area contributed by atoms with Gasteiger partial charge in [0.2, 0.25) is 5.91 Å². The van der Waals surface area contributed by atoms with E-state index in [0.29, 0.717) is 6.54 Å². The minimum Gasteiger partial charge on any atom is -0.353 e. The summed E-state index contributed by atoms with van der Waals surface area (Å²) >= 11 is 0. The second-order valence-corrected chi connectivity index (χ2v) is 6.68. The number of benzene rings is 1. The molecule has 1 fully saturated rings. The molecule has 1 aliphatic heterocycles. The highest BCUT2D eigenvalue weighted by Crippen LogP contribution is 2.08. The molecule has 0 spiro atoms. The number of likely N-dealkylation sites (N-methyl/N-ethyl adjacent to an activating group) is 1. The zero-order chi connectivity index (χ0) is 18.2. The molecular weight excluding hydrogens is 326 g/mol. The third-order valence-electron chi connectivity index (χ3n) is 4.60. The van der Waals surface area contributed by atoms with Crippen LogP contribution in [0.15, 0.2) is 48.8 Å². The minimum atomic E-state index is -0.0594. The fourth-order valence-electron chi connectivity index (χ4n) is 2.96. The van der Waals surface area contributed by atoms with Gasteiger partial charge in [-0.05, 0) is 38.2 Å². The van der Waals surface area contributed by atoms with Crippen LogP contribution in [0, 0.1) is 0 Å². The molecule has 0 atom stereocenters. The lowest BCUT2D eigenvalue weighted by molar-refractivity contribution is -0.116. The summed E-state index contributed by atoms with van der Waals surface area (Å²) in [5, 5.41) is 7.27. The van der Waals surface area contributed by atoms with Crippen molar-refractivity contribution in [3.63, 3.8) is 0 Å². The number of carbonyl (C=O) groups is 1. The maximum absolute atomic E-state index is 11.9. The van der Waals surface area contributed by atoms with Crippen molar-refractivity contribution in [1.29, 1.82) is 0 Å². The van der Waals surface area contributed by atoms with Crippen LogP contribution in [0.1, 0.15) is 12.0 Å². The second-order valence-electron chi connectivity index (χ2n) is 6.68. The summed E-state index contributed by atoms with van der Waals surface area (Å²) in [6.07, 6.45) is 8.01. The first-order valence-corrected chi connectivity index (χ1v) is 9.17. The van der Waals surface area contributed by atoms with Crippen LogP contribution in [0.3, 0.4) is 0 Å². The van der Waals surface area contributed by atoms with Gasteiger partial charge < -0.3 is 15.1 Å². The Kier molecular flexibility index (Phi) is 6.57. The van der Waals surface area contributed by atoms with E-state index >= 15 is 0 Å². The molecule has 0 unspecified atom stereocenters. The number of hydrogen-bond donors (Lipinski definition) is 1. The zero-order valence-electron chi connectivity index (χ0n) is 15.3. The first-order chi connectivity index (χ1) is 12.7. The molecule has 1 N–H and O–H groups in total. The van der Waals surface area contributed by atoms with Crippen LogP contribution in [0.4, 0.5) is 0 Å². The van der Waals surface area contributed by atoms with E-state index in [2.05, 4.69) is 27.3 Å². The molecule has 2 aromatic rings. The summed E-state index contributed by atoms with van der Waals surface area (Å²) in [4.78, 5) is 16.8. The largest absolute Gasteiger partial charge is 0.353 e. The molecule has 0 bridgehead atoms. The van der Waals surface area contributed by atoms with Crippen molar-refractivity contribution in [2.75, 3.05) is 46.3 Å². The number of amides is 1. The molecule has 2 heterocycles. The SMILES string of the molecule is CN1CCN(CCCNC(=O)/C=C/c2cnn(-c3ccccc3)c2)CC1. The topological polar surface area (TPSA) is 53.4 Å². The summed E-state index contributed by atoms with van der Waals surface area (Å²) in [7, 11) is 2.16. The Morgan fingerprint density at radius 2 is 1.96 bits per heavy atom. The second kappa shape index (κ2) is 9.31. The van der Waals surface area contributed by atoms with Gasteiger partial charge in [0.05, 0.1) is 11.9 Å². The predicted octanol–water partition coefficient (Wildman–Crippen LogP) is 1.64. The molecule has 6 heteroatoms. The van der Waals surface area contributed by atoms with E-state index in [-0.39, 0.29) is 5.91 Å².